The number of benzene rings is 2. The zero-order valence-electron chi connectivity index (χ0n) is 17.0. The van der Waals surface area contributed by atoms with Crippen LogP contribution in [0.2, 0.25) is 0 Å². The van der Waals surface area contributed by atoms with E-state index in [1.54, 1.807) is 49.4 Å². The Morgan fingerprint density at radius 2 is 1.97 bits per heavy atom. The van der Waals surface area contributed by atoms with Crippen LogP contribution in [0.5, 0.6) is 11.5 Å². The Morgan fingerprint density at radius 1 is 1.27 bits per heavy atom. The van der Waals surface area contributed by atoms with E-state index in [9.17, 15) is 18.4 Å². The molecule has 9 heteroatoms. The average molecular weight is 432 g/mol. The molecule has 2 amide bonds. The number of amides is 2. The van der Waals surface area contributed by atoms with E-state index < -0.39 is 33.7 Å². The number of ether oxygens (including phenoxy) is 2. The molecule has 0 fully saturated rings. The summed E-state index contributed by atoms with van der Waals surface area (Å²) in [5, 5.41) is 0. The predicted molar refractivity (Wildman–Crippen MR) is 112 cm³/mol. The van der Waals surface area contributed by atoms with Crippen LogP contribution in [0.3, 0.4) is 0 Å². The van der Waals surface area contributed by atoms with Crippen molar-refractivity contribution in [2.45, 2.75) is 24.6 Å². The van der Waals surface area contributed by atoms with Crippen LogP contribution in [0.15, 0.2) is 42.5 Å². The van der Waals surface area contributed by atoms with Crippen molar-refractivity contribution in [3.8, 4) is 11.5 Å². The molecule has 160 valence electrons. The van der Waals surface area contributed by atoms with Crippen molar-refractivity contribution in [2.24, 2.45) is 5.73 Å². The molecule has 0 aromatic heterocycles. The maximum absolute atomic E-state index is 13.0. The summed E-state index contributed by atoms with van der Waals surface area (Å²) < 4.78 is 32.1. The highest BCUT2D eigenvalue weighted by Crippen LogP contribution is 2.40. The van der Waals surface area contributed by atoms with Gasteiger partial charge in [0.1, 0.15) is 10.8 Å². The number of nitrogens with zero attached hydrogens (tertiary/aromatic N) is 1. The van der Waals surface area contributed by atoms with Gasteiger partial charge in [-0.25, -0.2) is 4.21 Å². The second-order valence-electron chi connectivity index (χ2n) is 7.10. The second-order valence-corrected chi connectivity index (χ2v) is 8.50. The highest BCUT2D eigenvalue weighted by molar-refractivity contribution is 7.80. The number of hydrogen-bond donors (Lipinski definition) is 2. The summed E-state index contributed by atoms with van der Waals surface area (Å²) in [6.07, 6.45) is 0. The Morgan fingerprint density at radius 3 is 2.57 bits per heavy atom. The number of rotatable bonds is 8. The molecule has 0 saturated carbocycles. The van der Waals surface area contributed by atoms with Gasteiger partial charge in [-0.15, -0.1) is 0 Å². The lowest BCUT2D eigenvalue weighted by molar-refractivity contribution is -0.122. The van der Waals surface area contributed by atoms with Crippen molar-refractivity contribution < 1.29 is 27.8 Å². The number of methoxy groups -OCH3 is 1. The summed E-state index contributed by atoms with van der Waals surface area (Å²) in [6.45, 7) is 3.54. The van der Waals surface area contributed by atoms with Gasteiger partial charge in [0, 0.05) is 12.1 Å². The van der Waals surface area contributed by atoms with Crippen LogP contribution in [0.1, 0.15) is 41.4 Å². The van der Waals surface area contributed by atoms with E-state index in [1.807, 2.05) is 6.92 Å². The van der Waals surface area contributed by atoms with Gasteiger partial charge in [-0.05, 0) is 43.2 Å². The average Bonchev–Trinajstić information content (AvgIpc) is 3.00. The van der Waals surface area contributed by atoms with Gasteiger partial charge < -0.3 is 24.7 Å². The van der Waals surface area contributed by atoms with Crippen molar-refractivity contribution in [1.29, 1.82) is 0 Å². The van der Waals surface area contributed by atoms with Crippen LogP contribution >= 0.6 is 0 Å². The van der Waals surface area contributed by atoms with Crippen molar-refractivity contribution >= 4 is 22.9 Å². The summed E-state index contributed by atoms with van der Waals surface area (Å²) in [5.74, 6) is -0.225. The standard InChI is InChI=1S/C21H24N2O6S/c1-4-29-17-11-13(9-10-16(17)28-3)21(2,30(26)27)12-23-18(19(22)24)14-7-5-6-8-15(14)20(23)25/h5-11,18H,4,12H2,1-3H3,(H2,22,24)(H,26,27). The lowest BCUT2D eigenvalue weighted by atomic mass is 9.98. The first-order valence-electron chi connectivity index (χ1n) is 9.36. The Balaban J connectivity index is 2.05. The van der Waals surface area contributed by atoms with Gasteiger partial charge in [0.2, 0.25) is 5.91 Å². The molecule has 1 aliphatic heterocycles. The maximum Gasteiger partial charge on any atom is 0.255 e. The molecular weight excluding hydrogens is 408 g/mol. The summed E-state index contributed by atoms with van der Waals surface area (Å²) in [6, 6.07) is 10.6. The molecule has 3 unspecified atom stereocenters. The third-order valence-electron chi connectivity index (χ3n) is 5.26. The van der Waals surface area contributed by atoms with Gasteiger partial charge >= 0.3 is 0 Å². The summed E-state index contributed by atoms with van der Waals surface area (Å²) >= 11 is -2.39. The normalized spacial score (nSPS) is 18.5. The SMILES string of the molecule is CCOc1cc(C(C)(CN2C(=O)c3ccccc3C2C(N)=O)S(=O)O)ccc1OC. The Labute approximate surface area is 177 Å². The molecule has 1 aliphatic rings. The van der Waals surface area contributed by atoms with Crippen molar-refractivity contribution in [3.63, 3.8) is 0 Å². The fraction of sp³-hybridized carbons (Fsp3) is 0.333. The molecule has 0 aliphatic carbocycles. The molecule has 30 heavy (non-hydrogen) atoms. The Bertz CT molecular complexity index is 1010. The molecule has 1 heterocycles. The number of primary amides is 1. The first-order valence-corrected chi connectivity index (χ1v) is 10.5. The molecule has 0 bridgehead atoms. The molecule has 0 radical (unpaired) electrons. The third-order valence-corrected chi connectivity index (χ3v) is 6.40. The smallest absolute Gasteiger partial charge is 0.255 e. The minimum atomic E-state index is -2.39. The van der Waals surface area contributed by atoms with Gasteiger partial charge in [-0.2, -0.15) is 0 Å². The van der Waals surface area contributed by atoms with E-state index in [0.717, 1.165) is 0 Å². The van der Waals surface area contributed by atoms with Crippen molar-refractivity contribution in [2.75, 3.05) is 20.3 Å². The molecule has 3 N–H and O–H groups in total. The minimum absolute atomic E-state index is 0.199. The molecule has 0 spiro atoms. The number of carbonyl (C=O) groups is 2. The van der Waals surface area contributed by atoms with Crippen LogP contribution in [0.25, 0.3) is 0 Å². The van der Waals surface area contributed by atoms with Crippen molar-refractivity contribution in [1.82, 2.24) is 4.90 Å². The van der Waals surface area contributed by atoms with Gasteiger partial charge in [0.05, 0.1) is 13.7 Å². The Hall–Kier alpha value is -2.91. The minimum Gasteiger partial charge on any atom is -0.493 e. The fourth-order valence-corrected chi connectivity index (χ4v) is 4.26. The van der Waals surface area contributed by atoms with Crippen LogP contribution in [0, 0.1) is 0 Å². The molecule has 0 saturated heterocycles. The molecule has 3 rings (SSSR count). The van der Waals surface area contributed by atoms with Gasteiger partial charge in [0.15, 0.2) is 22.6 Å². The quantitative estimate of drug-likeness (QED) is 0.618. The predicted octanol–water partition coefficient (Wildman–Crippen LogP) is 2.21. The van der Waals surface area contributed by atoms with Gasteiger partial charge in [-0.1, -0.05) is 24.3 Å². The lowest BCUT2D eigenvalue weighted by Crippen LogP contribution is -2.46. The van der Waals surface area contributed by atoms with Crippen molar-refractivity contribution in [3.05, 3.63) is 59.2 Å². The maximum atomic E-state index is 13.0. The van der Waals surface area contributed by atoms with E-state index >= 15 is 0 Å². The topological polar surface area (TPSA) is 119 Å². The molecule has 8 nitrogen and oxygen atoms in total. The second kappa shape index (κ2) is 8.45. The Kier molecular flexibility index (Phi) is 6.14. The van der Waals surface area contributed by atoms with Gasteiger partial charge in [-0.3, -0.25) is 9.59 Å². The van der Waals surface area contributed by atoms with Gasteiger partial charge in [0.25, 0.3) is 5.91 Å². The van der Waals surface area contributed by atoms with E-state index in [1.165, 1.54) is 12.0 Å². The van der Waals surface area contributed by atoms with Crippen LogP contribution in [-0.2, 0) is 20.6 Å². The molecule has 2 aromatic rings. The van der Waals surface area contributed by atoms with E-state index in [0.29, 0.717) is 34.8 Å². The monoisotopic (exact) mass is 432 g/mol. The van der Waals surface area contributed by atoms with E-state index in [-0.39, 0.29) is 6.54 Å². The zero-order chi connectivity index (χ0) is 22.1. The summed E-state index contributed by atoms with van der Waals surface area (Å²) in [5.41, 5.74) is 6.90. The lowest BCUT2D eigenvalue weighted by Gasteiger charge is -2.34. The number of hydrogen-bond acceptors (Lipinski definition) is 5. The largest absolute Gasteiger partial charge is 0.493 e. The third kappa shape index (κ3) is 3.66. The summed E-state index contributed by atoms with van der Waals surface area (Å²) in [7, 11) is 1.50. The number of carbonyl (C=O) groups excluding carboxylic acids is 2. The van der Waals surface area contributed by atoms with E-state index in [2.05, 4.69) is 0 Å². The summed E-state index contributed by atoms with van der Waals surface area (Å²) in [4.78, 5) is 26.5. The van der Waals surface area contributed by atoms with E-state index in [4.69, 9.17) is 15.2 Å². The fourth-order valence-electron chi connectivity index (χ4n) is 3.69. The molecular formula is C21H24N2O6S. The molecule has 3 atom stereocenters. The number of fused-ring (bicyclic) bond motifs is 1. The zero-order valence-corrected chi connectivity index (χ0v) is 17.8. The number of nitrogens with two attached hydrogens (primary N) is 1. The van der Waals surface area contributed by atoms with Crippen LogP contribution < -0.4 is 15.2 Å². The first kappa shape index (κ1) is 21.8. The highest BCUT2D eigenvalue weighted by Gasteiger charge is 2.46. The highest BCUT2D eigenvalue weighted by atomic mass is 32.2. The first-order chi connectivity index (χ1) is 14.2. The molecule has 2 aromatic carbocycles. The van der Waals surface area contributed by atoms with Crippen LogP contribution in [-0.4, -0.2) is 45.7 Å². The van der Waals surface area contributed by atoms with Crippen LogP contribution in [0.4, 0.5) is 0 Å².